The van der Waals surface area contributed by atoms with Crippen LogP contribution in [0.4, 0.5) is 0 Å². The zero-order valence-corrected chi connectivity index (χ0v) is 20.3. The molecule has 0 amide bonds. The second-order valence-corrected chi connectivity index (χ2v) is 7.31. The smallest absolute Gasteiger partial charge is 0.309 e. The number of hydrogen-bond donors (Lipinski definition) is 1. The van der Waals surface area contributed by atoms with Gasteiger partial charge in [0, 0.05) is 26.2 Å². The lowest BCUT2D eigenvalue weighted by molar-refractivity contribution is -0.149. The van der Waals surface area contributed by atoms with Crippen LogP contribution in [0.1, 0.15) is 39.2 Å². The highest BCUT2D eigenvalue weighted by Crippen LogP contribution is 2.19. The Kier molecular flexibility index (Phi) is 12.9. The van der Waals surface area contributed by atoms with Crippen LogP contribution >= 0.6 is 24.0 Å². The number of guanidine groups is 1. The standard InChI is InChI=1S/C22H35N3O3.HI/c1-4-23-22(25-13-11-20(12-14-25)21(26)28-5-2)24-15-18(3)16-27-17-19-9-7-6-8-10-19;/h6-10,18,20H,4-5,11-17H2,1-3H3,(H,23,24);1H. The molecule has 0 aliphatic carbocycles. The highest BCUT2D eigenvalue weighted by molar-refractivity contribution is 14.0. The van der Waals surface area contributed by atoms with Gasteiger partial charge in [0.25, 0.3) is 0 Å². The van der Waals surface area contributed by atoms with Crippen molar-refractivity contribution in [1.29, 1.82) is 0 Å². The van der Waals surface area contributed by atoms with E-state index in [4.69, 9.17) is 14.5 Å². The molecule has 164 valence electrons. The average molecular weight is 517 g/mol. The third-order valence-electron chi connectivity index (χ3n) is 4.82. The largest absolute Gasteiger partial charge is 0.466 e. The van der Waals surface area contributed by atoms with E-state index >= 15 is 0 Å². The van der Waals surface area contributed by atoms with Gasteiger partial charge in [-0.1, -0.05) is 37.3 Å². The number of piperidine rings is 1. The number of benzene rings is 1. The molecule has 0 radical (unpaired) electrons. The van der Waals surface area contributed by atoms with Gasteiger partial charge in [-0.15, -0.1) is 24.0 Å². The molecule has 1 heterocycles. The summed E-state index contributed by atoms with van der Waals surface area (Å²) in [6, 6.07) is 10.2. The van der Waals surface area contributed by atoms with E-state index in [1.807, 2.05) is 25.1 Å². The number of nitrogens with one attached hydrogen (secondary N) is 1. The molecule has 1 aliphatic rings. The molecule has 0 bridgehead atoms. The summed E-state index contributed by atoms with van der Waals surface area (Å²) in [5, 5.41) is 3.38. The molecule has 1 atom stereocenters. The van der Waals surface area contributed by atoms with Gasteiger partial charge >= 0.3 is 5.97 Å². The summed E-state index contributed by atoms with van der Waals surface area (Å²) >= 11 is 0. The zero-order chi connectivity index (χ0) is 20.2. The van der Waals surface area contributed by atoms with Crippen molar-refractivity contribution >= 4 is 35.9 Å². The van der Waals surface area contributed by atoms with E-state index in [2.05, 4.69) is 36.2 Å². The van der Waals surface area contributed by atoms with Crippen LogP contribution in [0.3, 0.4) is 0 Å². The molecule has 29 heavy (non-hydrogen) atoms. The van der Waals surface area contributed by atoms with E-state index in [-0.39, 0.29) is 35.9 Å². The molecule has 1 aliphatic heterocycles. The van der Waals surface area contributed by atoms with Crippen molar-refractivity contribution in [3.8, 4) is 0 Å². The third kappa shape index (κ3) is 9.33. The summed E-state index contributed by atoms with van der Waals surface area (Å²) in [5.41, 5.74) is 1.19. The van der Waals surface area contributed by atoms with E-state index in [1.54, 1.807) is 0 Å². The van der Waals surface area contributed by atoms with Crippen LogP contribution in [0.2, 0.25) is 0 Å². The first-order valence-corrected chi connectivity index (χ1v) is 10.5. The average Bonchev–Trinajstić information content (AvgIpc) is 2.72. The number of ether oxygens (including phenoxy) is 2. The molecule has 2 rings (SSSR count). The van der Waals surface area contributed by atoms with Crippen LogP contribution in [0, 0.1) is 11.8 Å². The van der Waals surface area contributed by atoms with Crippen molar-refractivity contribution in [2.45, 2.75) is 40.2 Å². The van der Waals surface area contributed by atoms with Crippen LogP contribution < -0.4 is 5.32 Å². The van der Waals surface area contributed by atoms with Gasteiger partial charge in [0.1, 0.15) is 0 Å². The topological polar surface area (TPSA) is 63.2 Å². The highest BCUT2D eigenvalue weighted by Gasteiger charge is 2.27. The number of rotatable bonds is 9. The zero-order valence-electron chi connectivity index (χ0n) is 17.9. The van der Waals surface area contributed by atoms with Crippen LogP contribution in [-0.2, 0) is 20.9 Å². The maximum absolute atomic E-state index is 11.9. The molecular weight excluding hydrogens is 481 g/mol. The lowest BCUT2D eigenvalue weighted by atomic mass is 9.97. The summed E-state index contributed by atoms with van der Waals surface area (Å²) in [4.78, 5) is 19.0. The van der Waals surface area contributed by atoms with Gasteiger partial charge in [-0.2, -0.15) is 0 Å². The van der Waals surface area contributed by atoms with E-state index < -0.39 is 0 Å². The van der Waals surface area contributed by atoms with Gasteiger partial charge in [-0.25, -0.2) is 0 Å². The number of esters is 1. The normalized spacial score (nSPS) is 16.1. The Morgan fingerprint density at radius 1 is 1.24 bits per heavy atom. The molecule has 1 fully saturated rings. The van der Waals surface area contributed by atoms with E-state index in [9.17, 15) is 4.79 Å². The Morgan fingerprint density at radius 2 is 1.93 bits per heavy atom. The maximum Gasteiger partial charge on any atom is 0.309 e. The Bertz CT molecular complexity index is 605. The summed E-state index contributed by atoms with van der Waals surface area (Å²) in [5.74, 6) is 1.23. The molecule has 0 saturated carbocycles. The third-order valence-corrected chi connectivity index (χ3v) is 4.82. The number of halogens is 1. The number of carbonyl (C=O) groups is 1. The van der Waals surface area contributed by atoms with Crippen molar-refractivity contribution < 1.29 is 14.3 Å². The lowest BCUT2D eigenvalue weighted by Gasteiger charge is -2.33. The second kappa shape index (κ2) is 14.6. The summed E-state index contributed by atoms with van der Waals surface area (Å²) in [7, 11) is 0. The van der Waals surface area contributed by atoms with Crippen LogP contribution in [-0.4, -0.2) is 56.2 Å². The van der Waals surface area contributed by atoms with Crippen molar-refractivity contribution in [2.24, 2.45) is 16.8 Å². The fourth-order valence-corrected chi connectivity index (χ4v) is 3.26. The Morgan fingerprint density at radius 3 is 2.55 bits per heavy atom. The number of aliphatic imine (C=N–C) groups is 1. The van der Waals surface area contributed by atoms with Gasteiger partial charge < -0.3 is 19.7 Å². The fourth-order valence-electron chi connectivity index (χ4n) is 3.26. The quantitative estimate of drug-likeness (QED) is 0.234. The van der Waals surface area contributed by atoms with Gasteiger partial charge in [0.05, 0.1) is 25.7 Å². The molecule has 7 heteroatoms. The van der Waals surface area contributed by atoms with Crippen LogP contribution in [0.5, 0.6) is 0 Å². The van der Waals surface area contributed by atoms with Crippen molar-refractivity contribution in [2.75, 3.05) is 39.4 Å². The van der Waals surface area contributed by atoms with Crippen LogP contribution in [0.15, 0.2) is 35.3 Å². The molecule has 1 saturated heterocycles. The van der Waals surface area contributed by atoms with Gasteiger partial charge in [-0.05, 0) is 38.2 Å². The summed E-state index contributed by atoms with van der Waals surface area (Å²) in [6.45, 7) is 11.1. The summed E-state index contributed by atoms with van der Waals surface area (Å²) < 4.78 is 11.0. The number of likely N-dealkylation sites (tertiary alicyclic amines) is 1. The first-order valence-electron chi connectivity index (χ1n) is 10.5. The molecule has 0 aromatic heterocycles. The predicted molar refractivity (Wildman–Crippen MR) is 128 cm³/mol. The van der Waals surface area contributed by atoms with Crippen molar-refractivity contribution in [3.05, 3.63) is 35.9 Å². The van der Waals surface area contributed by atoms with Gasteiger partial charge in [-0.3, -0.25) is 9.79 Å². The van der Waals surface area contributed by atoms with E-state index in [0.717, 1.165) is 45.0 Å². The monoisotopic (exact) mass is 517 g/mol. The van der Waals surface area contributed by atoms with Crippen molar-refractivity contribution in [1.82, 2.24) is 10.2 Å². The van der Waals surface area contributed by atoms with Gasteiger partial charge in [0.15, 0.2) is 5.96 Å². The number of hydrogen-bond acceptors (Lipinski definition) is 4. The minimum Gasteiger partial charge on any atom is -0.466 e. The molecule has 1 N–H and O–H groups in total. The van der Waals surface area contributed by atoms with Gasteiger partial charge in [0.2, 0.25) is 0 Å². The second-order valence-electron chi connectivity index (χ2n) is 7.31. The van der Waals surface area contributed by atoms with Crippen molar-refractivity contribution in [3.63, 3.8) is 0 Å². The lowest BCUT2D eigenvalue weighted by Crippen LogP contribution is -2.47. The molecule has 0 spiro atoms. The molecule has 1 aromatic rings. The minimum absolute atomic E-state index is 0. The molecular formula is C22H36IN3O3. The SMILES string of the molecule is CCNC(=NCC(C)COCc1ccccc1)N1CCC(C(=O)OCC)CC1.I. The van der Waals surface area contributed by atoms with E-state index in [1.165, 1.54) is 5.56 Å². The molecule has 1 aromatic carbocycles. The first-order chi connectivity index (χ1) is 13.6. The van der Waals surface area contributed by atoms with Crippen LogP contribution in [0.25, 0.3) is 0 Å². The maximum atomic E-state index is 11.9. The predicted octanol–water partition coefficient (Wildman–Crippen LogP) is 3.70. The molecule has 1 unspecified atom stereocenters. The highest BCUT2D eigenvalue weighted by atomic mass is 127. The minimum atomic E-state index is -0.0618. The Balaban J connectivity index is 0.00000420. The Labute approximate surface area is 192 Å². The number of carbonyl (C=O) groups excluding carboxylic acids is 1. The first kappa shape index (κ1) is 25.7. The summed E-state index contributed by atoms with van der Waals surface area (Å²) in [6.07, 6.45) is 1.64. The Hall–Kier alpha value is -1.35. The van der Waals surface area contributed by atoms with E-state index in [0.29, 0.717) is 25.7 Å². The fraction of sp³-hybridized carbons (Fsp3) is 0.636. The number of nitrogens with zero attached hydrogens (tertiary/aromatic N) is 2. The molecule has 6 nitrogen and oxygen atoms in total.